The molecule has 0 saturated heterocycles. The van der Waals surface area contributed by atoms with E-state index in [4.69, 9.17) is 15.2 Å². The van der Waals surface area contributed by atoms with Gasteiger partial charge in [-0.15, -0.1) is 0 Å². The Morgan fingerprint density at radius 2 is 1.78 bits per heavy atom. The minimum absolute atomic E-state index is 0.0959. The number of halogens is 4. The predicted octanol–water partition coefficient (Wildman–Crippen LogP) is 2.17. The van der Waals surface area contributed by atoms with Crippen LogP contribution in [0, 0.1) is 17.1 Å². The van der Waals surface area contributed by atoms with Crippen molar-refractivity contribution in [1.82, 2.24) is 25.0 Å². The molecule has 4 aromatic rings. The smallest absolute Gasteiger partial charge is 0.475 e. The molecule has 0 bridgehead atoms. The molecule has 2 N–H and O–H groups in total. The number of aromatic nitrogens is 5. The number of carbonyl (C=O) groups excluding carboxylic acids is 1. The van der Waals surface area contributed by atoms with Gasteiger partial charge in [-0.05, 0) is 40.6 Å². The van der Waals surface area contributed by atoms with E-state index >= 15 is 0 Å². The molecule has 0 atom stereocenters. The Morgan fingerprint density at radius 3 is 2.39 bits per heavy atom. The van der Waals surface area contributed by atoms with Gasteiger partial charge in [0, 0.05) is 18.0 Å². The number of carboxylic acids is 1. The van der Waals surface area contributed by atoms with E-state index in [9.17, 15) is 27.2 Å². The highest BCUT2D eigenvalue weighted by atomic mass is 19.4. The van der Waals surface area contributed by atoms with Gasteiger partial charge in [0.2, 0.25) is 11.6 Å². The molecule has 3 heterocycles. The van der Waals surface area contributed by atoms with Crippen molar-refractivity contribution < 1.29 is 41.4 Å². The van der Waals surface area contributed by atoms with E-state index in [0.29, 0.717) is 5.56 Å². The molecule has 0 fully saturated rings. The topological polar surface area (TPSA) is 190 Å². The second-order valence-electron chi connectivity index (χ2n) is 6.34. The largest absolute Gasteiger partial charge is 0.490 e. The van der Waals surface area contributed by atoms with Gasteiger partial charge < -0.3 is 10.4 Å². The van der Waals surface area contributed by atoms with Gasteiger partial charge in [0.1, 0.15) is 11.9 Å². The first-order chi connectivity index (χ1) is 17.0. The van der Waals surface area contributed by atoms with Gasteiger partial charge in [-0.3, -0.25) is 14.3 Å². The lowest BCUT2D eigenvalue weighted by Gasteiger charge is -2.05. The lowest BCUT2D eigenvalue weighted by Crippen LogP contribution is -2.21. The number of aliphatic carboxylic acids is 1. The van der Waals surface area contributed by atoms with E-state index < -0.39 is 29.6 Å². The highest BCUT2D eigenvalue weighted by Crippen LogP contribution is 2.25. The van der Waals surface area contributed by atoms with Gasteiger partial charge in [0.25, 0.3) is 5.91 Å². The molecule has 17 heteroatoms. The summed E-state index contributed by atoms with van der Waals surface area (Å²) in [6.07, 6.45) is -2.21. The third-order valence-electron chi connectivity index (χ3n) is 4.05. The highest BCUT2D eigenvalue weighted by Gasteiger charge is 2.38. The number of carbonyl (C=O) groups is 2. The van der Waals surface area contributed by atoms with Gasteiger partial charge in [0.15, 0.2) is 5.69 Å². The lowest BCUT2D eigenvalue weighted by atomic mass is 10.2. The van der Waals surface area contributed by atoms with Crippen LogP contribution in [0.5, 0.6) is 0 Å². The highest BCUT2D eigenvalue weighted by molar-refractivity contribution is 6.04. The minimum atomic E-state index is -5.08. The zero-order valence-electron chi connectivity index (χ0n) is 17.2. The summed E-state index contributed by atoms with van der Waals surface area (Å²) in [5, 5.41) is 29.5. The monoisotopic (exact) mass is 507 g/mol. The molecule has 0 radical (unpaired) electrons. The van der Waals surface area contributed by atoms with Crippen LogP contribution < -0.4 is 11.1 Å². The maximum atomic E-state index is 13.6. The number of nitrogens with zero attached hydrogens (tertiary/aromatic N) is 6. The first-order valence-corrected chi connectivity index (χ1v) is 9.16. The number of pyridine rings is 1. The summed E-state index contributed by atoms with van der Waals surface area (Å²) in [6, 6.07) is 8.05. The Kier molecular flexibility index (Phi) is 7.18. The average molecular weight is 507 g/mol. The average Bonchev–Trinajstić information content (AvgIpc) is 3.45. The molecule has 0 aliphatic rings. The maximum absolute atomic E-state index is 13.6. The fourth-order valence-electron chi connectivity index (χ4n) is 2.47. The van der Waals surface area contributed by atoms with Crippen molar-refractivity contribution in [3.05, 3.63) is 70.2 Å². The van der Waals surface area contributed by atoms with Crippen LogP contribution in [-0.4, -0.2) is 48.2 Å². The number of hydrogen-bond donors (Lipinski definition) is 2. The number of amides is 1. The zero-order chi connectivity index (χ0) is 26.5. The number of rotatable bonds is 4. The summed E-state index contributed by atoms with van der Waals surface area (Å²) in [5.74, 6) is -5.27. The molecule has 3 aromatic heterocycles. The lowest BCUT2D eigenvalue weighted by molar-refractivity contribution is -0.192. The van der Waals surface area contributed by atoms with Gasteiger partial charge in [-0.1, -0.05) is 5.16 Å². The minimum Gasteiger partial charge on any atom is -0.475 e. The zero-order valence-corrected chi connectivity index (χ0v) is 17.2. The van der Waals surface area contributed by atoms with Crippen molar-refractivity contribution >= 4 is 17.7 Å². The van der Waals surface area contributed by atoms with Crippen molar-refractivity contribution in [2.24, 2.45) is 0 Å². The van der Waals surface area contributed by atoms with Crippen molar-refractivity contribution in [2.75, 3.05) is 5.32 Å². The van der Waals surface area contributed by atoms with E-state index in [1.165, 1.54) is 30.6 Å². The number of alkyl halides is 3. The van der Waals surface area contributed by atoms with E-state index in [-0.39, 0.29) is 28.6 Å². The first-order valence-electron chi connectivity index (χ1n) is 9.16. The van der Waals surface area contributed by atoms with Gasteiger partial charge in [0.05, 0.1) is 11.3 Å². The van der Waals surface area contributed by atoms with E-state index in [2.05, 4.69) is 34.9 Å². The molecule has 36 heavy (non-hydrogen) atoms. The standard InChI is InChI=1S/C17H8FN7O4.C2HF3O2/c18-12-2-1-11(7-10(12)8-19)25-15(24-28-17(25)27)13-14(23-29-22-13)21-16(26)9-3-5-20-6-4-9;3-2(4,5)1(6)7/h1-7H,(H,21,23,26);(H,6,7). The Bertz CT molecular complexity index is 1500. The van der Waals surface area contributed by atoms with Crippen LogP contribution in [0.3, 0.4) is 0 Å². The summed E-state index contributed by atoms with van der Waals surface area (Å²) in [5.41, 5.74) is -0.00516. The fraction of sp³-hybridized carbons (Fsp3) is 0.0526. The summed E-state index contributed by atoms with van der Waals surface area (Å²) < 4.78 is 55.6. The van der Waals surface area contributed by atoms with Crippen LogP contribution in [0.4, 0.5) is 23.4 Å². The van der Waals surface area contributed by atoms with Gasteiger partial charge in [-0.25, -0.2) is 23.2 Å². The number of benzene rings is 1. The summed E-state index contributed by atoms with van der Waals surface area (Å²) >= 11 is 0. The van der Waals surface area contributed by atoms with Crippen LogP contribution >= 0.6 is 0 Å². The maximum Gasteiger partial charge on any atom is 0.490 e. The Balaban J connectivity index is 0.000000454. The van der Waals surface area contributed by atoms with Crippen molar-refractivity contribution in [1.29, 1.82) is 5.26 Å². The van der Waals surface area contributed by atoms with E-state index in [1.807, 2.05) is 0 Å². The molecule has 1 amide bonds. The molecule has 4 rings (SSSR count). The molecule has 1 aromatic carbocycles. The molecule has 0 aliphatic heterocycles. The van der Waals surface area contributed by atoms with E-state index in [0.717, 1.165) is 16.7 Å². The number of hydrogen-bond acceptors (Lipinski definition) is 10. The number of anilines is 1. The molecule has 0 aliphatic carbocycles. The quantitative estimate of drug-likeness (QED) is 0.385. The molecule has 0 saturated carbocycles. The molecule has 0 unspecified atom stereocenters. The van der Waals surface area contributed by atoms with E-state index in [1.54, 1.807) is 6.07 Å². The Labute approximate surface area is 195 Å². The van der Waals surface area contributed by atoms with Crippen LogP contribution in [0.2, 0.25) is 0 Å². The SMILES string of the molecule is N#Cc1cc(-n2c(-c3nonc3NC(=O)c3ccncc3)noc2=O)ccc1F.O=C(O)C(F)(F)F. The normalized spacial score (nSPS) is 10.6. The van der Waals surface area contributed by atoms with Crippen LogP contribution in [0.15, 0.2) is 56.7 Å². The summed E-state index contributed by atoms with van der Waals surface area (Å²) in [4.78, 5) is 37.2. The van der Waals surface area contributed by atoms with Crippen molar-refractivity contribution in [2.45, 2.75) is 6.18 Å². The predicted molar refractivity (Wildman–Crippen MR) is 106 cm³/mol. The summed E-state index contributed by atoms with van der Waals surface area (Å²) in [6.45, 7) is 0. The molecular weight excluding hydrogens is 498 g/mol. The second-order valence-corrected chi connectivity index (χ2v) is 6.34. The third-order valence-corrected chi connectivity index (χ3v) is 4.05. The van der Waals surface area contributed by atoms with Crippen LogP contribution in [0.25, 0.3) is 17.2 Å². The third kappa shape index (κ3) is 5.56. The molecular formula is C19H9F4N7O6. The Hall–Kier alpha value is -5.40. The van der Waals surface area contributed by atoms with Gasteiger partial charge >= 0.3 is 17.9 Å². The van der Waals surface area contributed by atoms with Crippen LogP contribution in [0.1, 0.15) is 15.9 Å². The fourth-order valence-corrected chi connectivity index (χ4v) is 2.47. The molecule has 0 spiro atoms. The number of nitriles is 1. The van der Waals surface area contributed by atoms with Crippen molar-refractivity contribution in [3.8, 4) is 23.3 Å². The molecule has 13 nitrogen and oxygen atoms in total. The number of nitrogens with one attached hydrogen (secondary N) is 1. The second kappa shape index (κ2) is 10.3. The molecule has 184 valence electrons. The Morgan fingerprint density at radius 1 is 1.11 bits per heavy atom. The first kappa shape index (κ1) is 25.2. The summed E-state index contributed by atoms with van der Waals surface area (Å²) in [7, 11) is 0. The van der Waals surface area contributed by atoms with Crippen molar-refractivity contribution in [3.63, 3.8) is 0 Å². The van der Waals surface area contributed by atoms with Gasteiger partial charge in [-0.2, -0.15) is 18.4 Å². The van der Waals surface area contributed by atoms with Crippen LogP contribution in [-0.2, 0) is 4.79 Å². The number of carboxylic acid groups (broad SMARTS) is 1.